The Morgan fingerprint density at radius 2 is 1.95 bits per heavy atom. The number of fused-ring (bicyclic) bond motifs is 1. The molecule has 0 fully saturated rings. The second-order valence-corrected chi connectivity index (χ2v) is 6.54. The predicted molar refractivity (Wildman–Crippen MR) is 79.7 cm³/mol. The monoisotopic (exact) mass is 324 g/mol. The number of nitrogens with zero attached hydrogens (tertiary/aromatic N) is 2. The maximum absolute atomic E-state index is 13.1. The van der Waals surface area contributed by atoms with Crippen LogP contribution in [0.5, 0.6) is 0 Å². The molecule has 108 valence electrons. The molecule has 0 bridgehead atoms. The molecule has 4 nitrogen and oxygen atoms in total. The van der Waals surface area contributed by atoms with E-state index in [-0.39, 0.29) is 9.92 Å². The Kier molecular flexibility index (Phi) is 3.43. The van der Waals surface area contributed by atoms with Crippen molar-refractivity contribution >= 4 is 33.7 Å². The van der Waals surface area contributed by atoms with E-state index in [0.717, 1.165) is 0 Å². The van der Waals surface area contributed by atoms with Crippen molar-refractivity contribution in [2.45, 2.75) is 11.4 Å². The summed E-state index contributed by atoms with van der Waals surface area (Å²) in [4.78, 5) is 1.81. The van der Waals surface area contributed by atoms with Crippen molar-refractivity contribution in [2.75, 3.05) is 4.90 Å². The molecule has 0 radical (unpaired) electrons. The zero-order valence-electron chi connectivity index (χ0n) is 10.7. The molecule has 1 heterocycles. The van der Waals surface area contributed by atoms with E-state index in [1.165, 1.54) is 24.5 Å². The number of halogens is 2. The molecule has 7 heteroatoms. The molecular formula is C14H10ClFN2O2S. The minimum Gasteiger partial charge on any atom is -0.326 e. The fourth-order valence-corrected chi connectivity index (χ4v) is 3.39. The van der Waals surface area contributed by atoms with Gasteiger partial charge in [0.1, 0.15) is 17.1 Å². The van der Waals surface area contributed by atoms with Gasteiger partial charge in [-0.1, -0.05) is 29.8 Å². The van der Waals surface area contributed by atoms with Crippen LogP contribution in [0.15, 0.2) is 51.8 Å². The van der Waals surface area contributed by atoms with Crippen molar-refractivity contribution in [2.24, 2.45) is 4.40 Å². The summed E-state index contributed by atoms with van der Waals surface area (Å²) in [6.07, 6.45) is 1.25. The van der Waals surface area contributed by atoms with E-state index >= 15 is 0 Å². The summed E-state index contributed by atoms with van der Waals surface area (Å²) in [7, 11) is -3.65. The van der Waals surface area contributed by atoms with Gasteiger partial charge in [0.2, 0.25) is 0 Å². The van der Waals surface area contributed by atoms with Crippen LogP contribution in [0.1, 0.15) is 5.56 Å². The van der Waals surface area contributed by atoms with Crippen LogP contribution in [0.25, 0.3) is 0 Å². The van der Waals surface area contributed by atoms with Gasteiger partial charge in [-0.15, -0.1) is 4.40 Å². The number of rotatable bonds is 2. The molecule has 0 amide bonds. The fourth-order valence-electron chi connectivity index (χ4n) is 2.11. The van der Waals surface area contributed by atoms with Gasteiger partial charge in [0, 0.05) is 5.02 Å². The van der Waals surface area contributed by atoms with E-state index in [2.05, 4.69) is 4.40 Å². The first-order valence-corrected chi connectivity index (χ1v) is 7.89. The summed E-state index contributed by atoms with van der Waals surface area (Å²) < 4.78 is 40.4. The summed E-state index contributed by atoms with van der Waals surface area (Å²) >= 11 is 6.00. The topological polar surface area (TPSA) is 49.7 Å². The number of benzene rings is 2. The van der Waals surface area contributed by atoms with Gasteiger partial charge in [-0.05, 0) is 29.8 Å². The number of hydrogen-bond donors (Lipinski definition) is 0. The number of hydrogen-bond acceptors (Lipinski definition) is 3. The lowest BCUT2D eigenvalue weighted by molar-refractivity contribution is 0.597. The molecule has 21 heavy (non-hydrogen) atoms. The maximum Gasteiger partial charge on any atom is 0.285 e. The Hall–Kier alpha value is -1.92. The summed E-state index contributed by atoms with van der Waals surface area (Å²) in [6.45, 7) is 0.301. The van der Waals surface area contributed by atoms with E-state index in [9.17, 15) is 12.8 Å². The standard InChI is InChI=1S/C14H10ClFN2O2S/c15-12-7-11(16)6-5-10(12)8-18-9-17-21(19,20)14-4-2-1-3-13(14)18/h1-7,9H,8H2. The molecule has 0 unspecified atom stereocenters. The van der Waals surface area contributed by atoms with Gasteiger partial charge in [0.15, 0.2) is 0 Å². The highest BCUT2D eigenvalue weighted by molar-refractivity contribution is 7.90. The lowest BCUT2D eigenvalue weighted by Gasteiger charge is -2.25. The molecule has 1 aliphatic heterocycles. The van der Waals surface area contributed by atoms with Gasteiger partial charge in [0.05, 0.1) is 12.2 Å². The average Bonchev–Trinajstić information content (AvgIpc) is 2.45. The average molecular weight is 325 g/mol. The molecule has 0 N–H and O–H groups in total. The molecule has 0 aromatic heterocycles. The normalized spacial score (nSPS) is 15.8. The second-order valence-electron chi connectivity index (χ2n) is 4.53. The first kappa shape index (κ1) is 14.0. The van der Waals surface area contributed by atoms with Gasteiger partial charge in [-0.2, -0.15) is 8.42 Å². The van der Waals surface area contributed by atoms with Crippen molar-refractivity contribution in [1.82, 2.24) is 0 Å². The number of sulfonamides is 1. The smallest absolute Gasteiger partial charge is 0.285 e. The van der Waals surface area contributed by atoms with Gasteiger partial charge < -0.3 is 4.90 Å². The first-order valence-electron chi connectivity index (χ1n) is 6.07. The molecule has 0 saturated carbocycles. The van der Waals surface area contributed by atoms with Crippen molar-refractivity contribution in [1.29, 1.82) is 0 Å². The van der Waals surface area contributed by atoms with E-state index in [1.54, 1.807) is 29.2 Å². The van der Waals surface area contributed by atoms with E-state index < -0.39 is 15.8 Å². The molecule has 0 atom stereocenters. The van der Waals surface area contributed by atoms with Crippen molar-refractivity contribution in [3.63, 3.8) is 0 Å². The molecular weight excluding hydrogens is 315 g/mol. The zero-order chi connectivity index (χ0) is 15.0. The summed E-state index contributed by atoms with van der Waals surface area (Å²) in [5, 5.41) is 0.286. The van der Waals surface area contributed by atoms with Gasteiger partial charge in [-0.25, -0.2) is 4.39 Å². The van der Waals surface area contributed by atoms with Crippen LogP contribution in [-0.2, 0) is 16.6 Å². The van der Waals surface area contributed by atoms with E-state index in [0.29, 0.717) is 17.8 Å². The van der Waals surface area contributed by atoms with Crippen LogP contribution in [0.4, 0.5) is 10.1 Å². The Labute approximate surface area is 126 Å². The molecule has 0 spiro atoms. The Morgan fingerprint density at radius 3 is 2.71 bits per heavy atom. The fraction of sp³-hybridized carbons (Fsp3) is 0.0714. The largest absolute Gasteiger partial charge is 0.326 e. The molecule has 2 aromatic rings. The summed E-state index contributed by atoms with van der Waals surface area (Å²) in [5.41, 5.74) is 1.20. The first-order chi connectivity index (χ1) is 9.97. The molecule has 0 aliphatic carbocycles. The van der Waals surface area contributed by atoms with Crippen LogP contribution in [0.3, 0.4) is 0 Å². The third-order valence-corrected chi connectivity index (χ3v) is 4.76. The van der Waals surface area contributed by atoms with Crippen LogP contribution in [-0.4, -0.2) is 14.8 Å². The van der Waals surface area contributed by atoms with Gasteiger partial charge >= 0.3 is 0 Å². The van der Waals surface area contributed by atoms with E-state index in [1.807, 2.05) is 0 Å². The summed E-state index contributed by atoms with van der Waals surface area (Å²) in [6, 6.07) is 10.7. The minimum atomic E-state index is -3.65. The van der Waals surface area contributed by atoms with Crippen LogP contribution in [0, 0.1) is 5.82 Å². The molecule has 1 aliphatic rings. The van der Waals surface area contributed by atoms with Crippen LogP contribution in [0.2, 0.25) is 5.02 Å². The third-order valence-electron chi connectivity index (χ3n) is 3.13. The van der Waals surface area contributed by atoms with Crippen molar-refractivity contribution in [3.8, 4) is 0 Å². The van der Waals surface area contributed by atoms with E-state index in [4.69, 9.17) is 11.6 Å². The Bertz CT molecular complexity index is 837. The quantitative estimate of drug-likeness (QED) is 0.852. The second kappa shape index (κ2) is 5.13. The Balaban J connectivity index is 2.01. The highest BCUT2D eigenvalue weighted by Crippen LogP contribution is 2.31. The van der Waals surface area contributed by atoms with Gasteiger partial charge in [0.25, 0.3) is 10.0 Å². The van der Waals surface area contributed by atoms with Crippen LogP contribution < -0.4 is 4.90 Å². The summed E-state index contributed by atoms with van der Waals surface area (Å²) in [5.74, 6) is -0.418. The predicted octanol–water partition coefficient (Wildman–Crippen LogP) is 3.22. The minimum absolute atomic E-state index is 0.144. The molecule has 3 rings (SSSR count). The lowest BCUT2D eigenvalue weighted by atomic mass is 10.2. The lowest BCUT2D eigenvalue weighted by Crippen LogP contribution is -2.26. The maximum atomic E-state index is 13.1. The van der Waals surface area contributed by atoms with Gasteiger partial charge in [-0.3, -0.25) is 0 Å². The highest BCUT2D eigenvalue weighted by Gasteiger charge is 2.25. The Morgan fingerprint density at radius 1 is 1.19 bits per heavy atom. The number of anilines is 1. The van der Waals surface area contributed by atoms with Crippen LogP contribution >= 0.6 is 11.6 Å². The zero-order valence-corrected chi connectivity index (χ0v) is 12.3. The molecule has 2 aromatic carbocycles. The van der Waals surface area contributed by atoms with Crippen molar-refractivity contribution < 1.29 is 12.8 Å². The number of para-hydroxylation sites is 1. The van der Waals surface area contributed by atoms with Crippen molar-refractivity contribution in [3.05, 3.63) is 58.9 Å². The highest BCUT2D eigenvalue weighted by atomic mass is 35.5. The third kappa shape index (κ3) is 2.64. The molecule has 0 saturated heterocycles. The SMILES string of the molecule is O=S1(=O)N=CN(Cc2ccc(F)cc2Cl)c2ccccc21.